The van der Waals surface area contributed by atoms with Crippen molar-refractivity contribution in [1.29, 1.82) is 0 Å². The highest BCUT2D eigenvalue weighted by atomic mass is 16.8. The molecule has 5 N–H and O–H groups in total. The quantitative estimate of drug-likeness (QED) is 0.284. The number of nitrogens with one attached hydrogen (secondary N) is 1. The first-order valence-electron chi connectivity index (χ1n) is 11.1. The third-order valence-electron chi connectivity index (χ3n) is 6.01. The van der Waals surface area contributed by atoms with Gasteiger partial charge in [0.15, 0.2) is 6.10 Å². The number of likely N-dealkylation sites (N-methyl/N-ethyl adjacent to an activating group) is 1. The molecule has 33 heavy (non-hydrogen) atoms. The van der Waals surface area contributed by atoms with Crippen molar-refractivity contribution in [3.8, 4) is 5.75 Å². The number of amides is 2. The van der Waals surface area contributed by atoms with E-state index in [2.05, 4.69) is 10.2 Å². The van der Waals surface area contributed by atoms with Crippen LogP contribution in [0.4, 0.5) is 0 Å². The van der Waals surface area contributed by atoms with E-state index < -0.39 is 36.6 Å². The lowest BCUT2D eigenvalue weighted by atomic mass is 9.95. The van der Waals surface area contributed by atoms with E-state index in [-0.39, 0.29) is 31.2 Å². The summed E-state index contributed by atoms with van der Waals surface area (Å²) in [5.41, 5.74) is 0.391. The predicted octanol–water partition coefficient (Wildman–Crippen LogP) is -2.11. The summed E-state index contributed by atoms with van der Waals surface area (Å²) < 4.78 is 10.7. The first kappa shape index (κ1) is 25.3. The van der Waals surface area contributed by atoms with E-state index in [9.17, 15) is 30.0 Å². The van der Waals surface area contributed by atoms with E-state index in [1.54, 1.807) is 23.1 Å². The molecule has 3 rings (SSSR count). The molecule has 0 radical (unpaired) electrons. The van der Waals surface area contributed by atoms with Crippen molar-refractivity contribution < 1.29 is 39.5 Å². The van der Waals surface area contributed by atoms with E-state index in [1.165, 1.54) is 6.07 Å². The largest absolute Gasteiger partial charge is 0.437 e. The Hall–Kier alpha value is -2.28. The van der Waals surface area contributed by atoms with Gasteiger partial charge in [0.25, 0.3) is 0 Å². The highest BCUT2D eigenvalue weighted by molar-refractivity contribution is 5.86. The molecular weight excluding hydrogens is 434 g/mol. The van der Waals surface area contributed by atoms with Gasteiger partial charge in [0.05, 0.1) is 32.3 Å². The summed E-state index contributed by atoms with van der Waals surface area (Å²) in [6.45, 7) is 2.20. The lowest BCUT2D eigenvalue weighted by Gasteiger charge is -2.42. The summed E-state index contributed by atoms with van der Waals surface area (Å²) in [6, 6.07) is 6.38. The van der Waals surface area contributed by atoms with Gasteiger partial charge in [-0.1, -0.05) is 18.2 Å². The van der Waals surface area contributed by atoms with E-state index >= 15 is 0 Å². The summed E-state index contributed by atoms with van der Waals surface area (Å²) >= 11 is 0. The molecule has 2 fully saturated rings. The summed E-state index contributed by atoms with van der Waals surface area (Å²) in [6.07, 6.45) is -2.56. The monoisotopic (exact) mass is 467 g/mol. The number of benzene rings is 1. The van der Waals surface area contributed by atoms with Crippen LogP contribution in [0.15, 0.2) is 24.3 Å². The van der Waals surface area contributed by atoms with Crippen LogP contribution in [0.3, 0.4) is 0 Å². The van der Waals surface area contributed by atoms with E-state index in [1.807, 2.05) is 7.05 Å². The minimum Gasteiger partial charge on any atom is -0.437 e. The molecule has 2 saturated heterocycles. The van der Waals surface area contributed by atoms with Gasteiger partial charge in [-0.3, -0.25) is 9.59 Å². The molecule has 11 heteroatoms. The zero-order valence-electron chi connectivity index (χ0n) is 18.7. The molecule has 11 nitrogen and oxygen atoms in total. The van der Waals surface area contributed by atoms with E-state index in [4.69, 9.17) is 9.47 Å². The maximum absolute atomic E-state index is 12.5. The fraction of sp³-hybridized carbons (Fsp3) is 0.636. The van der Waals surface area contributed by atoms with Crippen molar-refractivity contribution in [3.63, 3.8) is 0 Å². The average molecular weight is 468 g/mol. The number of aliphatic hydroxyl groups is 4. The third kappa shape index (κ3) is 6.40. The minimum absolute atomic E-state index is 0.0748. The van der Waals surface area contributed by atoms with Crippen LogP contribution in [0, 0.1) is 5.92 Å². The molecular formula is C22H33N3O8. The number of para-hydroxylation sites is 1. The molecule has 2 aliphatic rings. The Morgan fingerprint density at radius 1 is 1.21 bits per heavy atom. The summed E-state index contributed by atoms with van der Waals surface area (Å²) in [5.74, 6) is -3.81. The minimum atomic E-state index is -2.55. The molecule has 4 unspecified atom stereocenters. The lowest BCUT2D eigenvalue weighted by Crippen LogP contribution is -2.62. The van der Waals surface area contributed by atoms with Crippen LogP contribution < -0.4 is 10.1 Å². The van der Waals surface area contributed by atoms with E-state index in [0.29, 0.717) is 18.7 Å². The Morgan fingerprint density at radius 2 is 1.97 bits per heavy atom. The van der Waals surface area contributed by atoms with Gasteiger partial charge in [0.1, 0.15) is 5.75 Å². The first-order valence-corrected chi connectivity index (χ1v) is 11.1. The van der Waals surface area contributed by atoms with Crippen LogP contribution >= 0.6 is 0 Å². The number of nitrogens with zero attached hydrogens (tertiary/aromatic N) is 2. The number of aliphatic hydroxyl groups excluding tert-OH is 3. The third-order valence-corrected chi connectivity index (χ3v) is 6.01. The van der Waals surface area contributed by atoms with Gasteiger partial charge in [-0.25, -0.2) is 0 Å². The van der Waals surface area contributed by atoms with Crippen molar-refractivity contribution in [3.05, 3.63) is 29.8 Å². The number of carbonyl (C=O) groups excluding carboxylic acids is 2. The fourth-order valence-electron chi connectivity index (χ4n) is 3.86. The maximum Gasteiger partial charge on any atom is 0.354 e. The Kier molecular flexibility index (Phi) is 8.63. The van der Waals surface area contributed by atoms with E-state index in [0.717, 1.165) is 19.5 Å². The molecule has 1 aromatic rings. The van der Waals surface area contributed by atoms with Crippen LogP contribution in [0.25, 0.3) is 0 Å². The summed E-state index contributed by atoms with van der Waals surface area (Å²) in [7, 11) is 2.01. The predicted molar refractivity (Wildman–Crippen MR) is 116 cm³/mol. The van der Waals surface area contributed by atoms with Gasteiger partial charge in [0, 0.05) is 31.1 Å². The molecule has 4 atom stereocenters. The number of hydrogen-bond acceptors (Lipinski definition) is 9. The maximum atomic E-state index is 12.5. The second-order valence-electron chi connectivity index (χ2n) is 8.52. The van der Waals surface area contributed by atoms with Crippen LogP contribution in [-0.4, -0.2) is 113 Å². The summed E-state index contributed by atoms with van der Waals surface area (Å²) in [4.78, 5) is 28.8. The fourth-order valence-corrected chi connectivity index (χ4v) is 3.86. The molecule has 0 aliphatic carbocycles. The van der Waals surface area contributed by atoms with Gasteiger partial charge in [-0.2, -0.15) is 0 Å². The average Bonchev–Trinajstić information content (AvgIpc) is 3.02. The van der Waals surface area contributed by atoms with Crippen molar-refractivity contribution in [2.75, 3.05) is 53.0 Å². The molecule has 0 saturated carbocycles. The van der Waals surface area contributed by atoms with Crippen molar-refractivity contribution in [2.24, 2.45) is 5.92 Å². The number of rotatable bonds is 7. The van der Waals surface area contributed by atoms with Gasteiger partial charge in [-0.15, -0.1) is 0 Å². The highest BCUT2D eigenvalue weighted by Crippen LogP contribution is 2.31. The topological polar surface area (TPSA) is 152 Å². The molecule has 2 heterocycles. The van der Waals surface area contributed by atoms with Crippen LogP contribution in [0.1, 0.15) is 12.0 Å². The van der Waals surface area contributed by atoms with Crippen molar-refractivity contribution in [2.45, 2.75) is 31.0 Å². The Bertz CT molecular complexity index is 825. The highest BCUT2D eigenvalue weighted by Gasteiger charge is 2.51. The molecule has 0 bridgehead atoms. The molecule has 184 valence electrons. The van der Waals surface area contributed by atoms with Crippen molar-refractivity contribution >= 4 is 11.8 Å². The molecule has 1 aromatic carbocycles. The Balaban J connectivity index is 1.58. The molecule has 2 amide bonds. The zero-order chi connectivity index (χ0) is 24.0. The molecule has 0 spiro atoms. The number of hydrogen-bond donors (Lipinski definition) is 5. The van der Waals surface area contributed by atoms with Crippen LogP contribution in [0.2, 0.25) is 0 Å². The summed E-state index contributed by atoms with van der Waals surface area (Å²) in [5, 5.41) is 42.8. The van der Waals surface area contributed by atoms with Gasteiger partial charge >= 0.3 is 5.97 Å². The first-order chi connectivity index (χ1) is 15.7. The molecule has 2 aliphatic heterocycles. The van der Waals surface area contributed by atoms with Gasteiger partial charge < -0.3 is 45.0 Å². The Labute approximate surface area is 192 Å². The van der Waals surface area contributed by atoms with Gasteiger partial charge in [-0.05, 0) is 26.1 Å². The number of carbonyl (C=O) groups is 2. The second-order valence-corrected chi connectivity index (χ2v) is 8.52. The molecule has 0 aromatic heterocycles. The SMILES string of the molecule is CN1CCCN(C(=O)CNC(=O)Cc2ccccc2OC2(O)OCC(CO)C(O)C2O)CC1. The van der Waals surface area contributed by atoms with Gasteiger partial charge in [0.2, 0.25) is 11.8 Å². The number of ether oxygens (including phenoxy) is 2. The lowest BCUT2D eigenvalue weighted by molar-refractivity contribution is -0.399. The normalized spacial score (nSPS) is 28.8. The smallest absolute Gasteiger partial charge is 0.354 e. The Morgan fingerprint density at radius 3 is 2.73 bits per heavy atom. The van der Waals surface area contributed by atoms with Crippen LogP contribution in [0.5, 0.6) is 5.75 Å². The zero-order valence-corrected chi connectivity index (χ0v) is 18.7. The standard InChI is InChI=1S/C22H33N3O8/c1-24-7-4-8-25(10-9-24)19(28)12-23-18(27)11-15-5-2-3-6-17(15)33-22(31)21(30)20(29)16(13-26)14-32-22/h2-3,5-6,16,20-21,26,29-31H,4,7-14H2,1H3,(H,23,27). The second kappa shape index (κ2) is 11.2. The van der Waals surface area contributed by atoms with Crippen LogP contribution in [-0.2, 0) is 20.7 Å². The van der Waals surface area contributed by atoms with Crippen molar-refractivity contribution in [1.82, 2.24) is 15.1 Å².